The van der Waals surface area contributed by atoms with E-state index in [1.165, 1.54) is 154 Å². The monoisotopic (exact) mass is 1220 g/mol. The third-order valence-corrected chi connectivity index (χ3v) is 17.3. The molecule has 1 aromatic carbocycles. The molecular formula is C76H108N6O7. The van der Waals surface area contributed by atoms with Gasteiger partial charge in [-0.15, -0.1) is 0 Å². The molecule has 0 atom stereocenters. The molecule has 0 aromatic heterocycles. The molecule has 0 fully saturated rings. The Kier molecular flexibility index (Phi) is 34.3. The van der Waals surface area contributed by atoms with Crippen molar-refractivity contribution >= 4 is 23.6 Å². The molecule has 5 rings (SSSR count). The summed E-state index contributed by atoms with van der Waals surface area (Å²) in [5.74, 6) is 0.112. The summed E-state index contributed by atoms with van der Waals surface area (Å²) in [6.45, 7) is 16.4. The number of nitrogens with zero attached hydrogens (tertiary/aromatic N) is 6. The Labute approximate surface area is 536 Å². The first-order chi connectivity index (χ1) is 43.5. The average Bonchev–Trinajstić information content (AvgIpc) is 1.25. The van der Waals surface area contributed by atoms with Crippen LogP contribution >= 0.6 is 0 Å². The number of ether oxygens (including phenoxy) is 3. The summed E-state index contributed by atoms with van der Waals surface area (Å²) in [5.41, 5.74) is 4.95. The van der Waals surface area contributed by atoms with Crippen molar-refractivity contribution in [1.29, 1.82) is 10.5 Å². The zero-order chi connectivity index (χ0) is 64.0. The van der Waals surface area contributed by atoms with Crippen LogP contribution in [0.15, 0.2) is 124 Å². The van der Waals surface area contributed by atoms with Crippen LogP contribution in [0.2, 0.25) is 0 Å². The van der Waals surface area contributed by atoms with Gasteiger partial charge in [-0.25, -0.2) is 0 Å². The Bertz CT molecular complexity index is 2670. The number of hydrogen-bond donors (Lipinski definition) is 0. The van der Waals surface area contributed by atoms with E-state index in [1.807, 2.05) is 73.4 Å². The Morgan fingerprint density at radius 1 is 0.382 bits per heavy atom. The molecule has 0 radical (unpaired) electrons. The number of imide groups is 2. The van der Waals surface area contributed by atoms with Gasteiger partial charge in [-0.3, -0.25) is 29.0 Å². The zero-order valence-electron chi connectivity index (χ0n) is 55.7. The molecule has 1 aromatic rings. The van der Waals surface area contributed by atoms with Crippen LogP contribution < -0.4 is 14.2 Å². The predicted molar refractivity (Wildman–Crippen MR) is 360 cm³/mol. The molecule has 13 heteroatoms. The first-order valence-corrected chi connectivity index (χ1v) is 34.6. The number of carbonyl (C=O) groups excluding carboxylic acids is 4. The Morgan fingerprint density at radius 2 is 0.663 bits per heavy atom. The maximum Gasteiger partial charge on any atom is 0.271 e. The van der Waals surface area contributed by atoms with E-state index in [4.69, 9.17) is 14.2 Å². The second-order valence-electron chi connectivity index (χ2n) is 24.3. The van der Waals surface area contributed by atoms with E-state index in [0.717, 1.165) is 70.6 Å². The molecule has 0 saturated carbocycles. The van der Waals surface area contributed by atoms with Crippen molar-refractivity contribution in [2.75, 3.05) is 32.9 Å². The largest absolute Gasteiger partial charge is 0.489 e. The highest BCUT2D eigenvalue weighted by Crippen LogP contribution is 2.45. The number of allylic oxidation sites excluding steroid dienone is 10. The molecule has 0 bridgehead atoms. The van der Waals surface area contributed by atoms with Crippen LogP contribution in [0.1, 0.15) is 252 Å². The van der Waals surface area contributed by atoms with E-state index in [9.17, 15) is 29.7 Å². The average molecular weight is 1220 g/mol. The van der Waals surface area contributed by atoms with E-state index in [0.29, 0.717) is 72.5 Å². The lowest BCUT2D eigenvalue weighted by Crippen LogP contribution is -2.42. The van der Waals surface area contributed by atoms with Crippen LogP contribution in [0.5, 0.6) is 17.2 Å². The molecule has 4 heterocycles. The van der Waals surface area contributed by atoms with E-state index < -0.39 is 23.6 Å². The molecule has 13 nitrogen and oxygen atoms in total. The minimum atomic E-state index is -0.560. The number of amides is 4. The minimum absolute atomic E-state index is 0.0197. The molecule has 89 heavy (non-hydrogen) atoms. The van der Waals surface area contributed by atoms with Gasteiger partial charge in [0.2, 0.25) is 5.75 Å². The molecule has 0 spiro atoms. The fourth-order valence-corrected chi connectivity index (χ4v) is 11.7. The van der Waals surface area contributed by atoms with E-state index in [1.54, 1.807) is 39.8 Å². The number of carbonyl (C=O) groups is 4. The summed E-state index contributed by atoms with van der Waals surface area (Å²) < 4.78 is 21.2. The van der Waals surface area contributed by atoms with Crippen molar-refractivity contribution in [2.45, 2.75) is 254 Å². The van der Waals surface area contributed by atoms with E-state index in [-0.39, 0.29) is 24.2 Å². The molecule has 4 amide bonds. The van der Waals surface area contributed by atoms with Crippen molar-refractivity contribution in [2.24, 2.45) is 0 Å². The highest BCUT2D eigenvalue weighted by atomic mass is 16.5. The zero-order valence-corrected chi connectivity index (χ0v) is 55.7. The van der Waals surface area contributed by atoms with Gasteiger partial charge in [-0.05, 0) is 112 Å². The van der Waals surface area contributed by atoms with Crippen LogP contribution in [-0.4, -0.2) is 76.1 Å². The normalized spacial score (nSPS) is 16.1. The minimum Gasteiger partial charge on any atom is -0.489 e. The molecule has 0 N–H and O–H groups in total. The maximum atomic E-state index is 13.4. The number of unbranched alkanes of at least 4 members (excludes halogenated alkanes) is 27. The van der Waals surface area contributed by atoms with Crippen molar-refractivity contribution < 1.29 is 33.4 Å². The van der Waals surface area contributed by atoms with Gasteiger partial charge in [0.15, 0.2) is 11.5 Å². The van der Waals surface area contributed by atoms with Gasteiger partial charge in [0.1, 0.15) is 23.3 Å². The van der Waals surface area contributed by atoms with Crippen LogP contribution in [0, 0.1) is 22.7 Å². The highest BCUT2D eigenvalue weighted by Gasteiger charge is 2.35. The molecule has 484 valence electrons. The second kappa shape index (κ2) is 42.0. The number of likely N-dealkylation sites (N-methyl/N-ethyl adjacent to an activating group) is 2. The fourth-order valence-electron chi connectivity index (χ4n) is 11.7. The highest BCUT2D eigenvalue weighted by molar-refractivity contribution is 6.19. The number of rotatable bonds is 44. The van der Waals surface area contributed by atoms with Gasteiger partial charge >= 0.3 is 0 Å². The number of nitriles is 2. The van der Waals surface area contributed by atoms with Crippen molar-refractivity contribution in [1.82, 2.24) is 19.6 Å². The smallest absolute Gasteiger partial charge is 0.271 e. The predicted octanol–water partition coefficient (Wildman–Crippen LogP) is 18.4. The summed E-state index contributed by atoms with van der Waals surface area (Å²) in [6.07, 6.45) is 59.7. The van der Waals surface area contributed by atoms with E-state index in [2.05, 4.69) is 36.6 Å². The Balaban J connectivity index is 1.51. The SMILES string of the molecule is CCCCCCCCCCCCOc1c(CN2C=CC(=C/C=C3\C(=O)N(CC)C(=O)C(C#N)=C3C)C=C2)cc(CN2C=CC(=C/C=C3\C(=O)N(CC)C(=O)C(C#N)=C3C)C=C2)c(OCCCCCCCCCCCC)c1OCCCCCCCCCCCC. The lowest BCUT2D eigenvalue weighted by Gasteiger charge is -2.27. The number of hydrogen-bond acceptors (Lipinski definition) is 11. The summed E-state index contributed by atoms with van der Waals surface area (Å²) in [6, 6.07) is 6.24. The molecule has 0 aliphatic carbocycles. The van der Waals surface area contributed by atoms with Gasteiger partial charge in [-0.1, -0.05) is 206 Å². The van der Waals surface area contributed by atoms with Crippen LogP contribution in [0.25, 0.3) is 0 Å². The third-order valence-electron chi connectivity index (χ3n) is 17.3. The molecule has 0 unspecified atom stereocenters. The van der Waals surface area contributed by atoms with Crippen molar-refractivity contribution in [3.63, 3.8) is 0 Å². The molecule has 0 saturated heterocycles. The van der Waals surface area contributed by atoms with Gasteiger partial charge in [0.05, 0.1) is 32.9 Å². The molecule has 4 aliphatic rings. The lowest BCUT2D eigenvalue weighted by molar-refractivity contribution is -0.141. The van der Waals surface area contributed by atoms with Crippen LogP contribution in [0.3, 0.4) is 0 Å². The van der Waals surface area contributed by atoms with Crippen molar-refractivity contribution in [3.8, 4) is 29.4 Å². The topological polar surface area (TPSA) is 157 Å². The Morgan fingerprint density at radius 3 is 0.944 bits per heavy atom. The first kappa shape index (κ1) is 72.6. The van der Waals surface area contributed by atoms with E-state index >= 15 is 0 Å². The second-order valence-corrected chi connectivity index (χ2v) is 24.3. The lowest BCUT2D eigenvalue weighted by atomic mass is 9.94. The number of benzene rings is 1. The Hall–Kier alpha value is -7.12. The summed E-state index contributed by atoms with van der Waals surface area (Å²) >= 11 is 0. The summed E-state index contributed by atoms with van der Waals surface area (Å²) in [4.78, 5) is 59.1. The standard InChI is InChI=1S/C76H108N6O7/c1-8-13-16-19-22-25-28-31-34-37-52-87-70-64(58-79-48-44-62(45-49-79)40-42-66-60(6)68(56-77)75(85)81(11-4)73(66)83)55-65(59-80-50-46-63(47-51-80)41-43-67-61(7)69(57-78)76(86)82(12-5)74(67)84)71(88-53-38-35-32-29-26-23-20-17-14-9-2)72(70)89-54-39-36-33-30-27-24-21-18-15-10-3/h40-51,55H,8-39,52-54,58-59H2,1-7H3/b66-42-,67-43-. The summed E-state index contributed by atoms with van der Waals surface area (Å²) in [7, 11) is 0. The molecular weight excluding hydrogens is 1110 g/mol. The van der Waals surface area contributed by atoms with Crippen molar-refractivity contribution in [3.05, 3.63) is 135 Å². The third kappa shape index (κ3) is 23.6. The maximum absolute atomic E-state index is 13.4. The van der Waals surface area contributed by atoms with Crippen LogP contribution in [0.4, 0.5) is 0 Å². The van der Waals surface area contributed by atoms with Gasteiger partial charge in [0, 0.05) is 60.2 Å². The fraction of sp³-hybridized carbons (Fsp3) is 0.579. The van der Waals surface area contributed by atoms with Crippen LogP contribution in [-0.2, 0) is 32.3 Å². The first-order valence-electron chi connectivity index (χ1n) is 34.6. The summed E-state index contributed by atoms with van der Waals surface area (Å²) in [5, 5.41) is 19.7. The molecule has 4 aliphatic heterocycles. The van der Waals surface area contributed by atoms with Gasteiger partial charge in [0.25, 0.3) is 23.6 Å². The van der Waals surface area contributed by atoms with Gasteiger partial charge < -0.3 is 24.0 Å². The van der Waals surface area contributed by atoms with Gasteiger partial charge in [-0.2, -0.15) is 10.5 Å². The quantitative estimate of drug-likeness (QED) is 0.0348.